The van der Waals surface area contributed by atoms with Crippen molar-refractivity contribution >= 4 is 11.6 Å². The minimum absolute atomic E-state index is 0.251. The van der Waals surface area contributed by atoms with Crippen LogP contribution in [0, 0.1) is 0 Å². The predicted molar refractivity (Wildman–Crippen MR) is 73.4 cm³/mol. The highest BCUT2D eigenvalue weighted by Gasteiger charge is 2.15. The molecule has 1 atom stereocenters. The maximum Gasteiger partial charge on any atom is 0.122 e. The standard InChI is InChI=1S/C14H21ClO3/c1-14(2,3)18-9-12(16)8-10-7-11(15)5-6-13(10)17-4/h5-7,12,16H,8-9H2,1-4H3. The van der Waals surface area contributed by atoms with Crippen molar-refractivity contribution in [1.82, 2.24) is 0 Å². The topological polar surface area (TPSA) is 38.7 Å². The van der Waals surface area contributed by atoms with E-state index in [0.29, 0.717) is 18.1 Å². The molecular formula is C14H21ClO3. The average molecular weight is 273 g/mol. The summed E-state index contributed by atoms with van der Waals surface area (Å²) >= 11 is 5.94. The second kappa shape index (κ2) is 6.41. The lowest BCUT2D eigenvalue weighted by atomic mass is 10.1. The van der Waals surface area contributed by atoms with E-state index in [2.05, 4.69) is 0 Å². The van der Waals surface area contributed by atoms with E-state index in [1.165, 1.54) is 0 Å². The summed E-state index contributed by atoms with van der Waals surface area (Å²) in [5.41, 5.74) is 0.634. The summed E-state index contributed by atoms with van der Waals surface area (Å²) in [5, 5.41) is 10.6. The lowest BCUT2D eigenvalue weighted by Gasteiger charge is -2.22. The Morgan fingerprint density at radius 1 is 1.33 bits per heavy atom. The van der Waals surface area contributed by atoms with Crippen molar-refractivity contribution in [3.8, 4) is 5.75 Å². The van der Waals surface area contributed by atoms with Gasteiger partial charge in [0.15, 0.2) is 0 Å². The molecule has 1 aromatic rings. The number of hydrogen-bond acceptors (Lipinski definition) is 3. The van der Waals surface area contributed by atoms with Crippen LogP contribution in [0.15, 0.2) is 18.2 Å². The molecule has 18 heavy (non-hydrogen) atoms. The number of hydrogen-bond donors (Lipinski definition) is 1. The van der Waals surface area contributed by atoms with Gasteiger partial charge < -0.3 is 14.6 Å². The minimum atomic E-state index is -0.573. The van der Waals surface area contributed by atoms with Crippen LogP contribution >= 0.6 is 11.6 Å². The van der Waals surface area contributed by atoms with Crippen molar-refractivity contribution in [1.29, 1.82) is 0 Å². The third-order valence-corrected chi connectivity index (χ3v) is 2.64. The quantitative estimate of drug-likeness (QED) is 0.895. The zero-order chi connectivity index (χ0) is 13.8. The summed E-state index contributed by atoms with van der Waals surface area (Å²) in [6.45, 7) is 6.16. The number of aliphatic hydroxyl groups is 1. The van der Waals surface area contributed by atoms with Gasteiger partial charge in [0.05, 0.1) is 25.4 Å². The van der Waals surface area contributed by atoms with Crippen LogP contribution in [0.1, 0.15) is 26.3 Å². The SMILES string of the molecule is COc1ccc(Cl)cc1CC(O)COC(C)(C)C. The monoisotopic (exact) mass is 272 g/mol. The summed E-state index contributed by atoms with van der Waals surface area (Å²) in [6, 6.07) is 5.37. The molecule has 0 amide bonds. The molecule has 1 aromatic carbocycles. The highest BCUT2D eigenvalue weighted by Crippen LogP contribution is 2.24. The van der Waals surface area contributed by atoms with Gasteiger partial charge in [-0.2, -0.15) is 0 Å². The van der Waals surface area contributed by atoms with Crippen LogP contribution in [0.5, 0.6) is 5.75 Å². The molecule has 1 unspecified atom stereocenters. The van der Waals surface area contributed by atoms with Crippen molar-refractivity contribution in [3.63, 3.8) is 0 Å². The fourth-order valence-electron chi connectivity index (χ4n) is 1.57. The Morgan fingerprint density at radius 3 is 2.56 bits per heavy atom. The zero-order valence-corrected chi connectivity index (χ0v) is 12.1. The van der Waals surface area contributed by atoms with Gasteiger partial charge in [-0.3, -0.25) is 0 Å². The Morgan fingerprint density at radius 2 is 2.00 bits per heavy atom. The molecule has 0 heterocycles. The van der Waals surface area contributed by atoms with Gasteiger partial charge >= 0.3 is 0 Å². The lowest BCUT2D eigenvalue weighted by molar-refractivity contribution is -0.0483. The summed E-state index contributed by atoms with van der Waals surface area (Å²) in [6.07, 6.45) is -0.114. The Balaban J connectivity index is 2.63. The second-order valence-electron chi connectivity index (χ2n) is 5.24. The van der Waals surface area contributed by atoms with Gasteiger partial charge in [0.2, 0.25) is 0 Å². The molecule has 0 radical (unpaired) electrons. The van der Waals surface area contributed by atoms with Gasteiger partial charge in [-0.05, 0) is 44.5 Å². The molecule has 0 saturated heterocycles. The molecule has 1 rings (SSSR count). The molecule has 0 fully saturated rings. The Bertz CT molecular complexity index is 385. The van der Waals surface area contributed by atoms with Crippen LogP contribution in [-0.2, 0) is 11.2 Å². The first kappa shape index (κ1) is 15.3. The molecule has 0 aliphatic heterocycles. The van der Waals surface area contributed by atoms with Crippen LogP contribution in [0.3, 0.4) is 0 Å². The van der Waals surface area contributed by atoms with Gasteiger partial charge in [-0.15, -0.1) is 0 Å². The fraction of sp³-hybridized carbons (Fsp3) is 0.571. The smallest absolute Gasteiger partial charge is 0.122 e. The fourth-order valence-corrected chi connectivity index (χ4v) is 1.76. The van der Waals surface area contributed by atoms with E-state index in [4.69, 9.17) is 21.1 Å². The van der Waals surface area contributed by atoms with Crippen molar-refractivity contribution in [2.75, 3.05) is 13.7 Å². The van der Waals surface area contributed by atoms with Crippen LogP contribution in [-0.4, -0.2) is 30.5 Å². The number of rotatable bonds is 5. The molecule has 3 nitrogen and oxygen atoms in total. The largest absolute Gasteiger partial charge is 0.496 e. The predicted octanol–water partition coefficient (Wildman–Crippen LogP) is 3.07. The molecule has 102 valence electrons. The molecule has 0 saturated carbocycles. The van der Waals surface area contributed by atoms with Crippen molar-refractivity contribution < 1.29 is 14.6 Å². The van der Waals surface area contributed by atoms with E-state index in [-0.39, 0.29) is 5.60 Å². The van der Waals surface area contributed by atoms with Crippen molar-refractivity contribution in [3.05, 3.63) is 28.8 Å². The van der Waals surface area contributed by atoms with Crippen LogP contribution in [0.4, 0.5) is 0 Å². The highest BCUT2D eigenvalue weighted by molar-refractivity contribution is 6.30. The first-order valence-electron chi connectivity index (χ1n) is 5.96. The summed E-state index contributed by atoms with van der Waals surface area (Å²) in [5.74, 6) is 0.731. The summed E-state index contributed by atoms with van der Waals surface area (Å²) in [7, 11) is 1.60. The normalized spacial score (nSPS) is 13.4. The molecule has 0 aromatic heterocycles. The highest BCUT2D eigenvalue weighted by atomic mass is 35.5. The molecule has 4 heteroatoms. The molecule has 0 aliphatic carbocycles. The van der Waals surface area contributed by atoms with E-state index in [1.807, 2.05) is 20.8 Å². The van der Waals surface area contributed by atoms with E-state index >= 15 is 0 Å². The van der Waals surface area contributed by atoms with Crippen LogP contribution in [0.25, 0.3) is 0 Å². The Kier molecular flexibility index (Phi) is 5.45. The molecule has 0 bridgehead atoms. The Labute approximate surface area is 114 Å². The van der Waals surface area contributed by atoms with Gasteiger partial charge in [0.1, 0.15) is 5.75 Å². The Hall–Kier alpha value is -0.770. The van der Waals surface area contributed by atoms with E-state index in [0.717, 1.165) is 11.3 Å². The van der Waals surface area contributed by atoms with Crippen molar-refractivity contribution in [2.45, 2.75) is 38.9 Å². The van der Waals surface area contributed by atoms with E-state index < -0.39 is 6.10 Å². The van der Waals surface area contributed by atoms with Gasteiger partial charge in [0, 0.05) is 11.4 Å². The molecular weight excluding hydrogens is 252 g/mol. The maximum atomic E-state index is 9.95. The molecule has 1 N–H and O–H groups in total. The number of halogens is 1. The first-order chi connectivity index (χ1) is 8.31. The minimum Gasteiger partial charge on any atom is -0.496 e. The third kappa shape index (κ3) is 5.25. The number of ether oxygens (including phenoxy) is 2. The number of methoxy groups -OCH3 is 1. The van der Waals surface area contributed by atoms with Gasteiger partial charge in [-0.25, -0.2) is 0 Å². The molecule has 0 aliphatic rings. The number of aliphatic hydroxyl groups excluding tert-OH is 1. The molecule has 0 spiro atoms. The summed E-state index contributed by atoms with van der Waals surface area (Å²) < 4.78 is 10.8. The van der Waals surface area contributed by atoms with E-state index in [9.17, 15) is 5.11 Å². The van der Waals surface area contributed by atoms with Gasteiger partial charge in [-0.1, -0.05) is 11.6 Å². The van der Waals surface area contributed by atoms with E-state index in [1.54, 1.807) is 25.3 Å². The van der Waals surface area contributed by atoms with Gasteiger partial charge in [0.25, 0.3) is 0 Å². The average Bonchev–Trinajstić information content (AvgIpc) is 2.26. The second-order valence-corrected chi connectivity index (χ2v) is 5.67. The zero-order valence-electron chi connectivity index (χ0n) is 11.4. The summed E-state index contributed by atoms with van der Waals surface area (Å²) in [4.78, 5) is 0. The first-order valence-corrected chi connectivity index (χ1v) is 6.34. The lowest BCUT2D eigenvalue weighted by Crippen LogP contribution is -2.27. The maximum absolute atomic E-state index is 9.95. The van der Waals surface area contributed by atoms with Crippen LogP contribution in [0.2, 0.25) is 5.02 Å². The van der Waals surface area contributed by atoms with Crippen LogP contribution < -0.4 is 4.74 Å². The third-order valence-electron chi connectivity index (χ3n) is 2.41. The van der Waals surface area contributed by atoms with Crippen molar-refractivity contribution in [2.24, 2.45) is 0 Å². The number of benzene rings is 1.